The van der Waals surface area contributed by atoms with Gasteiger partial charge in [0.2, 0.25) is 16.0 Å². The summed E-state index contributed by atoms with van der Waals surface area (Å²) in [5, 5.41) is 11.4. The minimum absolute atomic E-state index is 0.0274. The van der Waals surface area contributed by atoms with Gasteiger partial charge in [-0.2, -0.15) is 4.98 Å². The van der Waals surface area contributed by atoms with Crippen LogP contribution in [0.1, 0.15) is 5.56 Å². The largest absolute Gasteiger partial charge is 0.370 e. The summed E-state index contributed by atoms with van der Waals surface area (Å²) in [6.07, 6.45) is 2.51. The van der Waals surface area contributed by atoms with E-state index in [2.05, 4.69) is 32.7 Å². The van der Waals surface area contributed by atoms with Crippen LogP contribution in [0, 0.1) is 0 Å². The molecule has 134 valence electrons. The van der Waals surface area contributed by atoms with E-state index in [0.717, 1.165) is 13.0 Å². The van der Waals surface area contributed by atoms with E-state index in [0.29, 0.717) is 17.5 Å². The summed E-state index contributed by atoms with van der Waals surface area (Å²) in [5.41, 5.74) is 1.78. The normalized spacial score (nSPS) is 11.1. The predicted octanol–water partition coefficient (Wildman–Crippen LogP) is 2.52. The number of primary sulfonamides is 1. The van der Waals surface area contributed by atoms with E-state index >= 15 is 0 Å². The zero-order valence-electron chi connectivity index (χ0n) is 14.0. The first-order valence-corrected chi connectivity index (χ1v) is 9.56. The molecule has 8 heteroatoms. The molecule has 0 atom stereocenters. The van der Waals surface area contributed by atoms with Crippen molar-refractivity contribution in [1.82, 2.24) is 9.97 Å². The first-order chi connectivity index (χ1) is 12.5. The molecule has 7 nitrogen and oxygen atoms in total. The van der Waals surface area contributed by atoms with Gasteiger partial charge in [0.25, 0.3) is 0 Å². The average Bonchev–Trinajstić information content (AvgIpc) is 2.63. The maximum absolute atomic E-state index is 11.4. The summed E-state index contributed by atoms with van der Waals surface area (Å²) >= 11 is 0. The van der Waals surface area contributed by atoms with E-state index in [1.165, 1.54) is 17.7 Å². The van der Waals surface area contributed by atoms with Crippen molar-refractivity contribution in [3.05, 3.63) is 72.4 Å². The van der Waals surface area contributed by atoms with Crippen LogP contribution >= 0.6 is 0 Å². The molecule has 3 aromatic rings. The van der Waals surface area contributed by atoms with Gasteiger partial charge in [0.15, 0.2) is 0 Å². The first kappa shape index (κ1) is 17.8. The van der Waals surface area contributed by atoms with Crippen LogP contribution in [0.2, 0.25) is 0 Å². The molecule has 0 aliphatic heterocycles. The Hall–Kier alpha value is -2.97. The third-order valence-corrected chi connectivity index (χ3v) is 4.55. The van der Waals surface area contributed by atoms with Crippen LogP contribution < -0.4 is 15.8 Å². The van der Waals surface area contributed by atoms with E-state index in [1.54, 1.807) is 24.4 Å². The molecule has 0 aliphatic carbocycles. The van der Waals surface area contributed by atoms with Gasteiger partial charge in [0.05, 0.1) is 4.90 Å². The lowest BCUT2D eigenvalue weighted by atomic mass is 10.1. The summed E-state index contributed by atoms with van der Waals surface area (Å²) in [5.74, 6) is 1.04. The number of benzene rings is 2. The van der Waals surface area contributed by atoms with Gasteiger partial charge in [0.1, 0.15) is 5.82 Å². The first-order valence-electron chi connectivity index (χ1n) is 8.01. The number of hydrogen-bond acceptors (Lipinski definition) is 6. The van der Waals surface area contributed by atoms with Crippen LogP contribution in [0.15, 0.2) is 71.8 Å². The quantitative estimate of drug-likeness (QED) is 0.590. The Kier molecular flexibility index (Phi) is 5.45. The van der Waals surface area contributed by atoms with E-state index < -0.39 is 10.0 Å². The van der Waals surface area contributed by atoms with Gasteiger partial charge < -0.3 is 10.6 Å². The van der Waals surface area contributed by atoms with Gasteiger partial charge in [-0.3, -0.25) is 0 Å². The van der Waals surface area contributed by atoms with Gasteiger partial charge in [0, 0.05) is 18.4 Å². The Labute approximate surface area is 152 Å². The topological polar surface area (TPSA) is 110 Å². The van der Waals surface area contributed by atoms with Crippen molar-refractivity contribution >= 4 is 27.5 Å². The van der Waals surface area contributed by atoms with Crippen molar-refractivity contribution in [2.24, 2.45) is 5.14 Å². The molecule has 0 bridgehead atoms. The van der Waals surface area contributed by atoms with Gasteiger partial charge in [-0.25, -0.2) is 18.5 Å². The van der Waals surface area contributed by atoms with E-state index in [1.807, 2.05) is 18.2 Å². The SMILES string of the molecule is NS(=O)(=O)c1cccc(Nc2nccc(NCCc3ccccc3)n2)c1. The van der Waals surface area contributed by atoms with E-state index in [4.69, 9.17) is 5.14 Å². The molecule has 26 heavy (non-hydrogen) atoms. The van der Waals surface area contributed by atoms with Crippen LogP contribution in [0.25, 0.3) is 0 Å². The fourth-order valence-corrected chi connectivity index (χ4v) is 2.94. The van der Waals surface area contributed by atoms with E-state index in [9.17, 15) is 8.42 Å². The third kappa shape index (κ3) is 5.01. The van der Waals surface area contributed by atoms with Crippen molar-refractivity contribution in [2.75, 3.05) is 17.2 Å². The molecule has 4 N–H and O–H groups in total. The monoisotopic (exact) mass is 369 g/mol. The van der Waals surface area contributed by atoms with Gasteiger partial charge in [-0.15, -0.1) is 0 Å². The number of aromatic nitrogens is 2. The maximum Gasteiger partial charge on any atom is 0.238 e. The second-order valence-electron chi connectivity index (χ2n) is 5.63. The highest BCUT2D eigenvalue weighted by Gasteiger charge is 2.08. The molecule has 0 amide bonds. The highest BCUT2D eigenvalue weighted by atomic mass is 32.2. The summed E-state index contributed by atoms with van der Waals surface area (Å²) in [4.78, 5) is 8.55. The van der Waals surface area contributed by atoms with Crippen molar-refractivity contribution < 1.29 is 8.42 Å². The van der Waals surface area contributed by atoms with Crippen LogP contribution in [-0.2, 0) is 16.4 Å². The Balaban J connectivity index is 1.64. The molecule has 0 radical (unpaired) electrons. The fraction of sp³-hybridized carbons (Fsp3) is 0.111. The number of hydrogen-bond donors (Lipinski definition) is 3. The lowest BCUT2D eigenvalue weighted by Gasteiger charge is -2.09. The molecular formula is C18H19N5O2S. The smallest absolute Gasteiger partial charge is 0.238 e. The summed E-state index contributed by atoms with van der Waals surface area (Å²) in [7, 11) is -3.76. The molecule has 0 unspecified atom stereocenters. The van der Waals surface area contributed by atoms with Gasteiger partial charge in [-0.05, 0) is 36.2 Å². The number of anilines is 3. The van der Waals surface area contributed by atoms with E-state index in [-0.39, 0.29) is 4.90 Å². The summed E-state index contributed by atoms with van der Waals surface area (Å²) < 4.78 is 22.9. The lowest BCUT2D eigenvalue weighted by Crippen LogP contribution is -2.12. The standard InChI is InChI=1S/C18H19N5O2S/c19-26(24,25)16-8-4-7-15(13-16)22-18-21-12-10-17(23-18)20-11-9-14-5-2-1-3-6-14/h1-8,10,12-13H,9,11H2,(H2,19,24,25)(H2,20,21,22,23). The zero-order chi connectivity index (χ0) is 18.4. The number of sulfonamides is 1. The highest BCUT2D eigenvalue weighted by Crippen LogP contribution is 2.18. The molecule has 0 spiro atoms. The van der Waals surface area contributed by atoms with Gasteiger partial charge >= 0.3 is 0 Å². The second kappa shape index (κ2) is 7.94. The maximum atomic E-state index is 11.4. The fourth-order valence-electron chi connectivity index (χ4n) is 2.38. The Morgan fingerprint density at radius 2 is 1.81 bits per heavy atom. The van der Waals surface area contributed by atoms with Crippen molar-refractivity contribution in [3.8, 4) is 0 Å². The summed E-state index contributed by atoms with van der Waals surface area (Å²) in [6.45, 7) is 0.737. The van der Waals surface area contributed by atoms with Crippen LogP contribution in [0.4, 0.5) is 17.5 Å². The average molecular weight is 369 g/mol. The molecular weight excluding hydrogens is 350 g/mol. The molecule has 0 saturated heterocycles. The third-order valence-electron chi connectivity index (χ3n) is 3.64. The summed E-state index contributed by atoms with van der Waals surface area (Å²) in [6, 6.07) is 18.1. The molecule has 1 aromatic heterocycles. The van der Waals surface area contributed by atoms with Crippen molar-refractivity contribution in [2.45, 2.75) is 11.3 Å². The minimum Gasteiger partial charge on any atom is -0.370 e. The second-order valence-corrected chi connectivity index (χ2v) is 7.19. The molecule has 3 rings (SSSR count). The van der Waals surface area contributed by atoms with Gasteiger partial charge in [-0.1, -0.05) is 36.4 Å². The molecule has 0 aliphatic rings. The Morgan fingerprint density at radius 3 is 2.58 bits per heavy atom. The van der Waals surface area contributed by atoms with Crippen molar-refractivity contribution in [3.63, 3.8) is 0 Å². The Morgan fingerprint density at radius 1 is 1.00 bits per heavy atom. The number of rotatable bonds is 7. The predicted molar refractivity (Wildman–Crippen MR) is 102 cm³/mol. The molecule has 0 saturated carbocycles. The van der Waals surface area contributed by atoms with Crippen LogP contribution in [0.5, 0.6) is 0 Å². The zero-order valence-corrected chi connectivity index (χ0v) is 14.8. The lowest BCUT2D eigenvalue weighted by molar-refractivity contribution is 0.598. The van der Waals surface area contributed by atoms with Crippen LogP contribution in [-0.4, -0.2) is 24.9 Å². The molecule has 0 fully saturated rings. The van der Waals surface area contributed by atoms with Crippen LogP contribution in [0.3, 0.4) is 0 Å². The Bertz CT molecular complexity index is 978. The number of nitrogens with two attached hydrogens (primary N) is 1. The molecule has 2 aromatic carbocycles. The van der Waals surface area contributed by atoms with Crippen molar-refractivity contribution in [1.29, 1.82) is 0 Å². The highest BCUT2D eigenvalue weighted by molar-refractivity contribution is 7.89. The minimum atomic E-state index is -3.76. The number of nitrogens with zero attached hydrogens (tertiary/aromatic N) is 2. The molecule has 1 heterocycles. The number of nitrogens with one attached hydrogen (secondary N) is 2.